The molecule has 0 aromatic heterocycles. The molecule has 3 nitrogen and oxygen atoms in total. The molecule has 4 heteroatoms. The second-order valence-electron chi connectivity index (χ2n) is 4.51. The van der Waals surface area contributed by atoms with E-state index in [4.69, 9.17) is 16.2 Å². The molecule has 0 amide bonds. The zero-order chi connectivity index (χ0) is 12.3. The standard InChI is InChI=1S/C13H20N2OS/c1-16-11-8-9(14)6-7-13(11)17-12-5-3-2-4-10(12)15/h6-8,10,12H,2-5,14-15H2,1H3. The monoisotopic (exact) mass is 252 g/mol. The first-order valence-electron chi connectivity index (χ1n) is 6.06. The van der Waals surface area contributed by atoms with Crippen LogP contribution in [0.1, 0.15) is 25.7 Å². The molecule has 94 valence electrons. The van der Waals surface area contributed by atoms with Gasteiger partial charge in [0.05, 0.1) is 7.11 Å². The van der Waals surface area contributed by atoms with Crippen LogP contribution in [0, 0.1) is 0 Å². The molecule has 2 unspecified atom stereocenters. The first kappa shape index (κ1) is 12.6. The Hall–Kier alpha value is -0.870. The maximum Gasteiger partial charge on any atom is 0.134 e. The largest absolute Gasteiger partial charge is 0.496 e. The first-order chi connectivity index (χ1) is 8.20. The van der Waals surface area contributed by atoms with Crippen LogP contribution in [0.4, 0.5) is 5.69 Å². The van der Waals surface area contributed by atoms with Crippen molar-refractivity contribution in [2.45, 2.75) is 41.9 Å². The molecule has 1 fully saturated rings. The summed E-state index contributed by atoms with van der Waals surface area (Å²) in [6.07, 6.45) is 4.87. The van der Waals surface area contributed by atoms with Crippen molar-refractivity contribution in [3.8, 4) is 5.75 Å². The lowest BCUT2D eigenvalue weighted by Crippen LogP contribution is -2.35. The average molecular weight is 252 g/mol. The van der Waals surface area contributed by atoms with Gasteiger partial charge in [0, 0.05) is 27.9 Å². The summed E-state index contributed by atoms with van der Waals surface area (Å²) in [5, 5.41) is 0.501. The van der Waals surface area contributed by atoms with Crippen LogP contribution in [0.2, 0.25) is 0 Å². The van der Waals surface area contributed by atoms with Gasteiger partial charge < -0.3 is 16.2 Å². The molecular weight excluding hydrogens is 232 g/mol. The summed E-state index contributed by atoms with van der Waals surface area (Å²) in [5.41, 5.74) is 12.6. The van der Waals surface area contributed by atoms with E-state index >= 15 is 0 Å². The SMILES string of the molecule is COc1cc(N)ccc1SC1CCCCC1N. The van der Waals surface area contributed by atoms with Crippen molar-refractivity contribution in [1.82, 2.24) is 0 Å². The summed E-state index contributed by atoms with van der Waals surface area (Å²) in [4.78, 5) is 1.14. The third-order valence-corrected chi connectivity index (χ3v) is 4.70. The second kappa shape index (κ2) is 5.65. The van der Waals surface area contributed by atoms with Crippen LogP contribution in [0.25, 0.3) is 0 Å². The van der Waals surface area contributed by atoms with E-state index in [1.807, 2.05) is 30.0 Å². The predicted molar refractivity (Wildman–Crippen MR) is 73.5 cm³/mol. The van der Waals surface area contributed by atoms with Crippen LogP contribution in [0.15, 0.2) is 23.1 Å². The lowest BCUT2D eigenvalue weighted by Gasteiger charge is -2.28. The number of nitrogens with two attached hydrogens (primary N) is 2. The molecule has 2 atom stereocenters. The van der Waals surface area contributed by atoms with Crippen molar-refractivity contribution in [1.29, 1.82) is 0 Å². The maximum absolute atomic E-state index is 6.16. The molecule has 1 aromatic rings. The Morgan fingerprint density at radius 3 is 2.76 bits per heavy atom. The summed E-state index contributed by atoms with van der Waals surface area (Å²) >= 11 is 1.83. The van der Waals surface area contributed by atoms with Gasteiger partial charge in [-0.2, -0.15) is 0 Å². The van der Waals surface area contributed by atoms with E-state index in [1.165, 1.54) is 19.3 Å². The maximum atomic E-state index is 6.16. The zero-order valence-electron chi connectivity index (χ0n) is 10.2. The highest BCUT2D eigenvalue weighted by Crippen LogP contribution is 2.38. The van der Waals surface area contributed by atoms with E-state index in [0.717, 1.165) is 22.8 Å². The molecular formula is C13H20N2OS. The number of anilines is 1. The number of nitrogen functional groups attached to an aromatic ring is 1. The van der Waals surface area contributed by atoms with E-state index < -0.39 is 0 Å². The fraction of sp³-hybridized carbons (Fsp3) is 0.538. The summed E-state index contributed by atoms with van der Waals surface area (Å²) < 4.78 is 5.36. The van der Waals surface area contributed by atoms with Gasteiger partial charge in [-0.1, -0.05) is 12.8 Å². The average Bonchev–Trinajstić information content (AvgIpc) is 2.34. The van der Waals surface area contributed by atoms with Crippen molar-refractivity contribution in [3.05, 3.63) is 18.2 Å². The Labute approximate surface area is 107 Å². The fourth-order valence-electron chi connectivity index (χ4n) is 2.22. The summed E-state index contributed by atoms with van der Waals surface area (Å²) in [6, 6.07) is 6.12. The van der Waals surface area contributed by atoms with Gasteiger partial charge in [-0.05, 0) is 25.0 Å². The molecule has 2 rings (SSSR count). The van der Waals surface area contributed by atoms with Crippen molar-refractivity contribution in [2.24, 2.45) is 5.73 Å². The van der Waals surface area contributed by atoms with Gasteiger partial charge in [-0.25, -0.2) is 0 Å². The van der Waals surface area contributed by atoms with Gasteiger partial charge in [-0.3, -0.25) is 0 Å². The third-order valence-electron chi connectivity index (χ3n) is 3.22. The Balaban J connectivity index is 2.11. The van der Waals surface area contributed by atoms with E-state index in [2.05, 4.69) is 0 Å². The van der Waals surface area contributed by atoms with Crippen LogP contribution in [-0.2, 0) is 0 Å². The van der Waals surface area contributed by atoms with Crippen LogP contribution >= 0.6 is 11.8 Å². The van der Waals surface area contributed by atoms with Crippen LogP contribution < -0.4 is 16.2 Å². The Morgan fingerprint density at radius 1 is 1.29 bits per heavy atom. The van der Waals surface area contributed by atoms with E-state index in [1.54, 1.807) is 7.11 Å². The van der Waals surface area contributed by atoms with E-state index in [9.17, 15) is 0 Å². The topological polar surface area (TPSA) is 61.3 Å². The molecule has 1 aliphatic carbocycles. The minimum atomic E-state index is 0.302. The number of rotatable bonds is 3. The Bertz CT molecular complexity index is 384. The predicted octanol–water partition coefficient (Wildman–Crippen LogP) is 2.64. The quantitative estimate of drug-likeness (QED) is 0.812. The van der Waals surface area contributed by atoms with Crippen molar-refractivity contribution in [3.63, 3.8) is 0 Å². The molecule has 17 heavy (non-hydrogen) atoms. The van der Waals surface area contributed by atoms with E-state index in [-0.39, 0.29) is 0 Å². The highest BCUT2D eigenvalue weighted by Gasteiger charge is 2.23. The lowest BCUT2D eigenvalue weighted by molar-refractivity contribution is 0.404. The molecule has 0 spiro atoms. The highest BCUT2D eigenvalue weighted by molar-refractivity contribution is 8.00. The number of thioether (sulfide) groups is 1. The number of hydrogen-bond donors (Lipinski definition) is 2. The minimum Gasteiger partial charge on any atom is -0.496 e. The number of benzene rings is 1. The van der Waals surface area contributed by atoms with Crippen molar-refractivity contribution in [2.75, 3.05) is 12.8 Å². The van der Waals surface area contributed by atoms with Gasteiger partial charge in [0.15, 0.2) is 0 Å². The van der Waals surface area contributed by atoms with Gasteiger partial charge in [0.2, 0.25) is 0 Å². The van der Waals surface area contributed by atoms with Gasteiger partial charge in [-0.15, -0.1) is 11.8 Å². The Morgan fingerprint density at radius 2 is 2.06 bits per heavy atom. The summed E-state index contributed by atoms with van der Waals surface area (Å²) in [6.45, 7) is 0. The molecule has 4 N–H and O–H groups in total. The summed E-state index contributed by atoms with van der Waals surface area (Å²) in [7, 11) is 1.68. The Kier molecular flexibility index (Phi) is 4.18. The fourth-order valence-corrected chi connectivity index (χ4v) is 3.54. The van der Waals surface area contributed by atoms with Crippen molar-refractivity contribution >= 4 is 17.4 Å². The van der Waals surface area contributed by atoms with Crippen molar-refractivity contribution < 1.29 is 4.74 Å². The number of ether oxygens (including phenoxy) is 1. The molecule has 1 aromatic carbocycles. The minimum absolute atomic E-state index is 0.302. The summed E-state index contributed by atoms with van der Waals surface area (Å²) in [5.74, 6) is 0.854. The molecule has 0 aliphatic heterocycles. The second-order valence-corrected chi connectivity index (χ2v) is 5.80. The lowest BCUT2D eigenvalue weighted by atomic mass is 9.96. The smallest absolute Gasteiger partial charge is 0.134 e. The normalized spacial score (nSPS) is 24.6. The molecule has 0 radical (unpaired) electrons. The van der Waals surface area contributed by atoms with E-state index in [0.29, 0.717) is 11.3 Å². The molecule has 1 aliphatic rings. The van der Waals surface area contributed by atoms with Gasteiger partial charge in [0.25, 0.3) is 0 Å². The van der Waals surface area contributed by atoms with Gasteiger partial charge >= 0.3 is 0 Å². The van der Waals surface area contributed by atoms with Crippen LogP contribution in [0.3, 0.4) is 0 Å². The number of hydrogen-bond acceptors (Lipinski definition) is 4. The highest BCUT2D eigenvalue weighted by atomic mass is 32.2. The van der Waals surface area contributed by atoms with Crippen LogP contribution in [0.5, 0.6) is 5.75 Å². The zero-order valence-corrected chi connectivity index (χ0v) is 11.0. The van der Waals surface area contributed by atoms with Gasteiger partial charge in [0.1, 0.15) is 5.75 Å². The molecule has 1 saturated carbocycles. The first-order valence-corrected chi connectivity index (χ1v) is 6.94. The van der Waals surface area contributed by atoms with Crippen LogP contribution in [-0.4, -0.2) is 18.4 Å². The third kappa shape index (κ3) is 3.07. The molecule has 0 saturated heterocycles. The molecule has 0 bridgehead atoms. The molecule has 0 heterocycles. The number of methoxy groups -OCH3 is 1.